The van der Waals surface area contributed by atoms with E-state index in [0.717, 1.165) is 33.6 Å². The number of aryl methyl sites for hydroxylation is 1. The molecule has 0 unspecified atom stereocenters. The van der Waals surface area contributed by atoms with Gasteiger partial charge in [0.2, 0.25) is 0 Å². The summed E-state index contributed by atoms with van der Waals surface area (Å²) >= 11 is 7.73. The van der Waals surface area contributed by atoms with Crippen LogP contribution in [0.4, 0.5) is 0 Å². The van der Waals surface area contributed by atoms with Crippen LogP contribution in [0, 0.1) is 18.3 Å². The number of thioether (sulfide) groups is 1. The van der Waals surface area contributed by atoms with E-state index in [2.05, 4.69) is 16.3 Å². The Bertz CT molecular complexity index is 603. The Kier molecular flexibility index (Phi) is 4.83. The van der Waals surface area contributed by atoms with Gasteiger partial charge >= 0.3 is 0 Å². The third-order valence-corrected chi connectivity index (χ3v) is 4.05. The number of rotatable bonds is 5. The van der Waals surface area contributed by atoms with E-state index in [9.17, 15) is 0 Å². The summed E-state index contributed by atoms with van der Waals surface area (Å²) in [6.45, 7) is 1.97. The minimum Gasteiger partial charge on any atom is -0.277 e. The minimum atomic E-state index is 0.567. The number of hydrogen-bond acceptors (Lipinski definition) is 4. The molecule has 0 spiro atoms. The van der Waals surface area contributed by atoms with Crippen LogP contribution in [0.1, 0.15) is 18.4 Å². The Balaban J connectivity index is 2.14. The number of hydrogen-bond donors (Lipinski definition) is 0. The second-order valence-electron chi connectivity index (χ2n) is 4.03. The number of unbranched alkanes of at least 4 members (excludes halogenated alkanes) is 1. The first-order valence-electron chi connectivity index (χ1n) is 5.88. The van der Waals surface area contributed by atoms with Crippen molar-refractivity contribution in [2.24, 2.45) is 0 Å². The zero-order chi connectivity index (χ0) is 13.7. The molecule has 4 nitrogen and oxygen atoms in total. The summed E-state index contributed by atoms with van der Waals surface area (Å²) < 4.78 is 1.91. The number of halogens is 1. The largest absolute Gasteiger partial charge is 0.277 e. The summed E-state index contributed by atoms with van der Waals surface area (Å²) in [6, 6.07) is 8.00. The molecule has 1 aromatic carbocycles. The van der Waals surface area contributed by atoms with Crippen LogP contribution >= 0.6 is 23.4 Å². The fourth-order valence-corrected chi connectivity index (χ4v) is 2.59. The second kappa shape index (κ2) is 6.60. The summed E-state index contributed by atoms with van der Waals surface area (Å²) in [5.74, 6) is 0.853. The lowest BCUT2D eigenvalue weighted by atomic mass is 10.2. The van der Waals surface area contributed by atoms with Crippen molar-refractivity contribution in [3.05, 3.63) is 35.1 Å². The van der Waals surface area contributed by atoms with Crippen molar-refractivity contribution in [1.82, 2.24) is 14.8 Å². The molecule has 1 aromatic heterocycles. The van der Waals surface area contributed by atoms with Gasteiger partial charge in [0.25, 0.3) is 0 Å². The van der Waals surface area contributed by atoms with Crippen LogP contribution in [0.25, 0.3) is 5.69 Å². The summed E-state index contributed by atoms with van der Waals surface area (Å²) in [4.78, 5) is 0. The summed E-state index contributed by atoms with van der Waals surface area (Å²) in [5.41, 5.74) is 1.99. The smallest absolute Gasteiger partial charge is 0.195 e. The lowest BCUT2D eigenvalue weighted by molar-refractivity contribution is 0.877. The molecule has 0 N–H and O–H groups in total. The van der Waals surface area contributed by atoms with Gasteiger partial charge in [-0.15, -0.1) is 10.2 Å². The standard InChI is InChI=1S/C13H13ClN4S/c1-10-4-5-11(8-12(10)14)18-9-16-17-13(18)19-7-3-2-6-15/h4-5,8-9H,2-3,7H2,1H3. The van der Waals surface area contributed by atoms with Gasteiger partial charge in [-0.05, 0) is 31.0 Å². The van der Waals surface area contributed by atoms with Crippen LogP contribution in [0.3, 0.4) is 0 Å². The SMILES string of the molecule is Cc1ccc(-n2cnnc2SCCCC#N)cc1Cl. The van der Waals surface area contributed by atoms with Gasteiger partial charge in [-0.3, -0.25) is 4.57 Å². The number of nitriles is 1. The molecule has 0 bridgehead atoms. The van der Waals surface area contributed by atoms with Gasteiger partial charge in [0.1, 0.15) is 6.33 Å². The van der Waals surface area contributed by atoms with Crippen molar-refractivity contribution in [3.8, 4) is 11.8 Å². The first-order valence-corrected chi connectivity index (χ1v) is 7.25. The first kappa shape index (κ1) is 13.9. The molecule has 0 saturated heterocycles. The van der Waals surface area contributed by atoms with Gasteiger partial charge in [0, 0.05) is 17.2 Å². The van der Waals surface area contributed by atoms with E-state index in [1.807, 2.05) is 29.7 Å². The van der Waals surface area contributed by atoms with E-state index in [0.29, 0.717) is 6.42 Å². The maximum Gasteiger partial charge on any atom is 0.195 e. The van der Waals surface area contributed by atoms with Crippen molar-refractivity contribution < 1.29 is 0 Å². The molecule has 0 aliphatic carbocycles. The lowest BCUT2D eigenvalue weighted by Gasteiger charge is -2.07. The molecular weight excluding hydrogens is 280 g/mol. The average Bonchev–Trinajstić information content (AvgIpc) is 2.86. The van der Waals surface area contributed by atoms with E-state index in [1.165, 1.54) is 0 Å². The van der Waals surface area contributed by atoms with Gasteiger partial charge in [-0.1, -0.05) is 29.4 Å². The van der Waals surface area contributed by atoms with Crippen LogP contribution < -0.4 is 0 Å². The molecule has 0 fully saturated rings. The van der Waals surface area contributed by atoms with Crippen molar-refractivity contribution >= 4 is 23.4 Å². The fourth-order valence-electron chi connectivity index (χ4n) is 1.55. The van der Waals surface area contributed by atoms with Gasteiger partial charge in [-0.2, -0.15) is 5.26 Å². The highest BCUT2D eigenvalue weighted by atomic mass is 35.5. The maximum absolute atomic E-state index is 8.51. The summed E-state index contributed by atoms with van der Waals surface area (Å²) in [5, 5.41) is 18.1. The Hall–Kier alpha value is -1.51. The first-order chi connectivity index (χ1) is 9.22. The predicted octanol–water partition coefficient (Wildman–Crippen LogP) is 3.63. The molecule has 0 radical (unpaired) electrons. The van der Waals surface area contributed by atoms with E-state index < -0.39 is 0 Å². The highest BCUT2D eigenvalue weighted by molar-refractivity contribution is 7.99. The predicted molar refractivity (Wildman–Crippen MR) is 76.7 cm³/mol. The molecule has 0 aliphatic heterocycles. The molecule has 6 heteroatoms. The number of nitrogens with zero attached hydrogens (tertiary/aromatic N) is 4. The van der Waals surface area contributed by atoms with E-state index >= 15 is 0 Å². The van der Waals surface area contributed by atoms with E-state index in [1.54, 1.807) is 18.1 Å². The molecular formula is C13H13ClN4S. The van der Waals surface area contributed by atoms with Crippen molar-refractivity contribution in [3.63, 3.8) is 0 Å². The van der Waals surface area contributed by atoms with E-state index in [4.69, 9.17) is 16.9 Å². The van der Waals surface area contributed by atoms with E-state index in [-0.39, 0.29) is 0 Å². The summed E-state index contributed by atoms with van der Waals surface area (Å²) in [6.07, 6.45) is 3.09. The highest BCUT2D eigenvalue weighted by Gasteiger charge is 2.08. The van der Waals surface area contributed by atoms with Crippen LogP contribution in [-0.4, -0.2) is 20.5 Å². The quantitative estimate of drug-likeness (QED) is 0.624. The van der Waals surface area contributed by atoms with Gasteiger partial charge in [0.05, 0.1) is 11.8 Å². The second-order valence-corrected chi connectivity index (χ2v) is 5.50. The van der Waals surface area contributed by atoms with Crippen molar-refractivity contribution in [1.29, 1.82) is 5.26 Å². The summed E-state index contributed by atoms with van der Waals surface area (Å²) in [7, 11) is 0. The zero-order valence-electron chi connectivity index (χ0n) is 10.5. The normalized spacial score (nSPS) is 10.4. The Morgan fingerprint density at radius 3 is 3.05 bits per heavy atom. The monoisotopic (exact) mass is 292 g/mol. The molecule has 2 rings (SSSR count). The molecule has 0 aliphatic rings. The zero-order valence-corrected chi connectivity index (χ0v) is 12.1. The third kappa shape index (κ3) is 3.49. The Labute approximate surface area is 121 Å². The lowest BCUT2D eigenvalue weighted by Crippen LogP contribution is -1.96. The molecule has 19 heavy (non-hydrogen) atoms. The molecule has 0 saturated carbocycles. The van der Waals surface area contributed by atoms with Crippen LogP contribution in [0.15, 0.2) is 29.7 Å². The van der Waals surface area contributed by atoms with Gasteiger partial charge in [-0.25, -0.2) is 0 Å². The molecule has 2 aromatic rings. The Morgan fingerprint density at radius 1 is 1.47 bits per heavy atom. The highest BCUT2D eigenvalue weighted by Crippen LogP contribution is 2.24. The molecule has 0 atom stereocenters. The fraction of sp³-hybridized carbons (Fsp3) is 0.308. The topological polar surface area (TPSA) is 54.5 Å². The molecule has 98 valence electrons. The average molecular weight is 293 g/mol. The number of benzene rings is 1. The van der Waals surface area contributed by atoms with Crippen molar-refractivity contribution in [2.45, 2.75) is 24.9 Å². The van der Waals surface area contributed by atoms with Gasteiger partial charge < -0.3 is 0 Å². The van der Waals surface area contributed by atoms with Gasteiger partial charge in [0.15, 0.2) is 5.16 Å². The third-order valence-electron chi connectivity index (χ3n) is 2.61. The molecule has 0 amide bonds. The Morgan fingerprint density at radius 2 is 2.32 bits per heavy atom. The molecule has 1 heterocycles. The minimum absolute atomic E-state index is 0.567. The van der Waals surface area contributed by atoms with Crippen LogP contribution in [0.2, 0.25) is 5.02 Å². The van der Waals surface area contributed by atoms with Crippen molar-refractivity contribution in [2.75, 3.05) is 5.75 Å². The van der Waals surface area contributed by atoms with Crippen LogP contribution in [-0.2, 0) is 0 Å². The maximum atomic E-state index is 8.51. The van der Waals surface area contributed by atoms with Crippen LogP contribution in [0.5, 0.6) is 0 Å². The number of aromatic nitrogens is 3.